The minimum absolute atomic E-state index is 0.0262. The maximum absolute atomic E-state index is 11.8. The lowest BCUT2D eigenvalue weighted by Crippen LogP contribution is -2.25. The molecule has 7 nitrogen and oxygen atoms in total. The number of anilines is 1. The van der Waals surface area contributed by atoms with Gasteiger partial charge in [-0.3, -0.25) is 9.79 Å². The Morgan fingerprint density at radius 1 is 1.11 bits per heavy atom. The third-order valence-electron chi connectivity index (χ3n) is 5.54. The van der Waals surface area contributed by atoms with Crippen LogP contribution in [0.25, 0.3) is 11.3 Å². The number of para-hydroxylation sites is 1. The van der Waals surface area contributed by atoms with Crippen LogP contribution in [0.5, 0.6) is 11.5 Å². The summed E-state index contributed by atoms with van der Waals surface area (Å²) in [5.74, 6) is 1.23. The van der Waals surface area contributed by atoms with Crippen LogP contribution in [0.3, 0.4) is 0 Å². The van der Waals surface area contributed by atoms with Crippen molar-refractivity contribution in [3.05, 3.63) is 94.1 Å². The maximum Gasteiger partial charge on any atom is 0.262 e. The lowest BCUT2D eigenvalue weighted by Gasteiger charge is -2.18. The monoisotopic (exact) mass is 484 g/mol. The largest absolute Gasteiger partial charge is 0.496 e. The number of methoxy groups -OCH3 is 1. The predicted molar refractivity (Wildman–Crippen MR) is 138 cm³/mol. The number of ether oxygens (including phenoxy) is 2. The average Bonchev–Trinajstić information content (AvgIpc) is 3.30. The van der Waals surface area contributed by atoms with Gasteiger partial charge in [0.1, 0.15) is 11.5 Å². The molecule has 0 saturated carbocycles. The summed E-state index contributed by atoms with van der Waals surface area (Å²) in [7, 11) is 1.64. The van der Waals surface area contributed by atoms with Crippen molar-refractivity contribution >= 4 is 29.1 Å². The molecular formula is C27H24N4O3S. The van der Waals surface area contributed by atoms with E-state index in [1.54, 1.807) is 13.3 Å². The summed E-state index contributed by atoms with van der Waals surface area (Å²) in [6.07, 6.45) is 2.61. The van der Waals surface area contributed by atoms with E-state index in [4.69, 9.17) is 19.6 Å². The highest BCUT2D eigenvalue weighted by Gasteiger charge is 2.18. The molecule has 0 aliphatic carbocycles. The second-order valence-electron chi connectivity index (χ2n) is 7.87. The molecule has 0 radical (unpaired) electrons. The van der Waals surface area contributed by atoms with E-state index in [-0.39, 0.29) is 12.5 Å². The van der Waals surface area contributed by atoms with Crippen LogP contribution in [0.2, 0.25) is 0 Å². The van der Waals surface area contributed by atoms with Crippen LogP contribution in [0.4, 0.5) is 5.69 Å². The molecule has 35 heavy (non-hydrogen) atoms. The number of carbonyl (C=O) groups excluding carboxylic acids is 1. The van der Waals surface area contributed by atoms with Gasteiger partial charge in [0.25, 0.3) is 5.91 Å². The van der Waals surface area contributed by atoms with Crippen LogP contribution >= 0.6 is 11.3 Å². The number of carbonyl (C=O) groups is 1. The number of nitrogens with zero attached hydrogens (tertiary/aromatic N) is 3. The van der Waals surface area contributed by atoms with Crippen molar-refractivity contribution in [2.24, 2.45) is 10.1 Å². The Balaban J connectivity index is 1.53. The molecule has 1 aliphatic heterocycles. The summed E-state index contributed by atoms with van der Waals surface area (Å²) in [6, 6.07) is 23.7. The second-order valence-corrected chi connectivity index (χ2v) is 8.70. The number of nitrogens with one attached hydrogen (secondary N) is 1. The topological polar surface area (TPSA) is 77.2 Å². The third kappa shape index (κ3) is 5.17. The van der Waals surface area contributed by atoms with Crippen molar-refractivity contribution < 1.29 is 14.3 Å². The van der Waals surface area contributed by atoms with E-state index in [0.717, 1.165) is 33.8 Å². The average molecular weight is 485 g/mol. The number of aromatic nitrogens is 1. The SMILES string of the molecule is COc1ccccc1C=Nn1c(-c2ccc3c(c2)NC(=O)CO3)csc1=NCCc1ccccc1. The minimum atomic E-state index is -0.168. The Bertz CT molecular complexity index is 1440. The highest BCUT2D eigenvalue weighted by atomic mass is 32.1. The Labute approximate surface area is 207 Å². The van der Waals surface area contributed by atoms with Crippen molar-refractivity contribution in [3.63, 3.8) is 0 Å². The molecule has 0 unspecified atom stereocenters. The molecule has 0 atom stereocenters. The summed E-state index contributed by atoms with van der Waals surface area (Å²) >= 11 is 1.52. The lowest BCUT2D eigenvalue weighted by atomic mass is 10.1. The molecule has 1 amide bonds. The van der Waals surface area contributed by atoms with Crippen molar-refractivity contribution in [2.45, 2.75) is 6.42 Å². The normalized spacial score (nSPS) is 13.4. The quantitative estimate of drug-likeness (QED) is 0.390. The first kappa shape index (κ1) is 22.6. The Kier molecular flexibility index (Phi) is 6.72. The summed E-state index contributed by atoms with van der Waals surface area (Å²) < 4.78 is 12.8. The first-order chi connectivity index (χ1) is 17.2. The van der Waals surface area contributed by atoms with Crippen LogP contribution < -0.4 is 19.6 Å². The Morgan fingerprint density at radius 3 is 2.80 bits per heavy atom. The van der Waals surface area contributed by atoms with Crippen LogP contribution in [0, 0.1) is 0 Å². The highest BCUT2D eigenvalue weighted by Crippen LogP contribution is 2.33. The molecule has 3 aromatic carbocycles. The van der Waals surface area contributed by atoms with E-state index in [9.17, 15) is 4.79 Å². The Morgan fingerprint density at radius 2 is 1.94 bits per heavy atom. The van der Waals surface area contributed by atoms with E-state index in [1.807, 2.05) is 70.7 Å². The van der Waals surface area contributed by atoms with E-state index >= 15 is 0 Å². The van der Waals surface area contributed by atoms with Gasteiger partial charge in [-0.2, -0.15) is 5.10 Å². The first-order valence-electron chi connectivity index (χ1n) is 11.2. The third-order valence-corrected chi connectivity index (χ3v) is 6.39. The molecule has 8 heteroatoms. The van der Waals surface area contributed by atoms with Gasteiger partial charge in [0.05, 0.1) is 24.7 Å². The molecule has 176 valence electrons. The lowest BCUT2D eigenvalue weighted by molar-refractivity contribution is -0.118. The zero-order chi connectivity index (χ0) is 24.0. The van der Waals surface area contributed by atoms with Gasteiger partial charge in [0, 0.05) is 23.1 Å². The van der Waals surface area contributed by atoms with Crippen LogP contribution in [0.15, 0.2) is 88.3 Å². The van der Waals surface area contributed by atoms with Gasteiger partial charge in [-0.25, -0.2) is 4.68 Å². The number of thiazole rings is 1. The number of hydrogen-bond acceptors (Lipinski definition) is 6. The van der Waals surface area contributed by atoms with Crippen LogP contribution in [-0.2, 0) is 11.2 Å². The number of amides is 1. The minimum Gasteiger partial charge on any atom is -0.496 e. The molecule has 4 aromatic rings. The summed E-state index contributed by atoms with van der Waals surface area (Å²) in [4.78, 5) is 17.4. The first-order valence-corrected chi connectivity index (χ1v) is 12.1. The fraction of sp³-hybridized carbons (Fsp3) is 0.148. The van der Waals surface area contributed by atoms with Gasteiger partial charge in [-0.1, -0.05) is 42.5 Å². The molecule has 1 aliphatic rings. The van der Waals surface area contributed by atoms with Crippen LogP contribution in [0.1, 0.15) is 11.1 Å². The predicted octanol–water partition coefficient (Wildman–Crippen LogP) is 4.58. The van der Waals surface area contributed by atoms with Gasteiger partial charge < -0.3 is 14.8 Å². The molecule has 5 rings (SSSR count). The highest BCUT2D eigenvalue weighted by molar-refractivity contribution is 7.07. The second kappa shape index (κ2) is 10.4. The number of fused-ring (bicyclic) bond motifs is 1. The Hall–Kier alpha value is -4.17. The van der Waals surface area contributed by atoms with Crippen molar-refractivity contribution in [3.8, 4) is 22.8 Å². The maximum atomic E-state index is 11.8. The van der Waals surface area contributed by atoms with Crippen LogP contribution in [-0.4, -0.2) is 37.1 Å². The number of rotatable bonds is 7. The molecule has 0 spiro atoms. The summed E-state index contributed by atoms with van der Waals surface area (Å²) in [5, 5.41) is 9.68. The molecule has 2 heterocycles. The molecule has 1 aromatic heterocycles. The van der Waals surface area contributed by atoms with Crippen molar-refractivity contribution in [1.82, 2.24) is 4.68 Å². The van der Waals surface area contributed by atoms with Crippen molar-refractivity contribution in [2.75, 3.05) is 25.6 Å². The van der Waals surface area contributed by atoms with Gasteiger partial charge >= 0.3 is 0 Å². The molecule has 0 saturated heterocycles. The fourth-order valence-electron chi connectivity index (χ4n) is 3.78. The molecular weight excluding hydrogens is 460 g/mol. The zero-order valence-electron chi connectivity index (χ0n) is 19.2. The number of hydrogen-bond donors (Lipinski definition) is 1. The molecule has 1 N–H and O–H groups in total. The van der Waals surface area contributed by atoms with Gasteiger partial charge in [-0.15, -0.1) is 11.3 Å². The van der Waals surface area contributed by atoms with E-state index < -0.39 is 0 Å². The van der Waals surface area contributed by atoms with E-state index in [2.05, 4.69) is 17.4 Å². The van der Waals surface area contributed by atoms with E-state index in [0.29, 0.717) is 18.0 Å². The zero-order valence-corrected chi connectivity index (χ0v) is 20.0. The van der Waals surface area contributed by atoms with Crippen molar-refractivity contribution in [1.29, 1.82) is 0 Å². The van der Waals surface area contributed by atoms with Gasteiger partial charge in [0.2, 0.25) is 4.80 Å². The number of benzene rings is 3. The van der Waals surface area contributed by atoms with E-state index in [1.165, 1.54) is 16.9 Å². The molecule has 0 fully saturated rings. The van der Waals surface area contributed by atoms with Gasteiger partial charge in [-0.05, 0) is 42.3 Å². The van der Waals surface area contributed by atoms with Gasteiger partial charge in [0.15, 0.2) is 6.61 Å². The molecule has 0 bridgehead atoms. The standard InChI is InChI=1S/C27H24N4O3S/c1-33-24-10-6-5-9-21(24)16-29-31-23(20-11-12-25-22(15-20)30-26(32)17-34-25)18-35-27(31)28-14-13-19-7-3-2-4-8-19/h2-12,15-16,18H,13-14,17H2,1H3,(H,30,32). The summed E-state index contributed by atoms with van der Waals surface area (Å²) in [6.45, 7) is 0.667. The summed E-state index contributed by atoms with van der Waals surface area (Å²) in [5.41, 5.74) is 4.51. The fourth-order valence-corrected chi connectivity index (χ4v) is 4.64. The smallest absolute Gasteiger partial charge is 0.262 e.